The van der Waals surface area contributed by atoms with Gasteiger partial charge in [-0.05, 0) is 26.3 Å². The first-order valence-corrected chi connectivity index (χ1v) is 4.95. The minimum atomic E-state index is -0.534. The quantitative estimate of drug-likeness (QED) is 0.626. The van der Waals surface area contributed by atoms with Gasteiger partial charge in [0.25, 0.3) is 5.88 Å². The molecule has 0 fully saturated rings. The predicted octanol–water partition coefficient (Wildman–Crippen LogP) is 2.14. The van der Waals surface area contributed by atoms with Gasteiger partial charge in [0, 0.05) is 6.07 Å². The molecule has 0 atom stereocenters. The Balaban J connectivity index is 3.10. The zero-order valence-corrected chi connectivity index (χ0v) is 9.56. The summed E-state index contributed by atoms with van der Waals surface area (Å²) in [6.45, 7) is 5.60. The molecule has 0 unspecified atom stereocenters. The molecular formula is C10H15N3O3. The van der Waals surface area contributed by atoms with E-state index in [9.17, 15) is 10.1 Å². The maximum atomic E-state index is 10.8. The van der Waals surface area contributed by atoms with Gasteiger partial charge >= 0.3 is 5.69 Å². The number of aromatic nitrogens is 1. The third-order valence-corrected chi connectivity index (χ3v) is 2.28. The van der Waals surface area contributed by atoms with Crippen molar-refractivity contribution < 1.29 is 9.66 Å². The second kappa shape index (κ2) is 4.34. The van der Waals surface area contributed by atoms with Crippen molar-refractivity contribution in [2.24, 2.45) is 0 Å². The number of nitrogens with two attached hydrogens (primary N) is 1. The van der Waals surface area contributed by atoms with Gasteiger partial charge in [-0.2, -0.15) is 4.98 Å². The second-order valence-corrected chi connectivity index (χ2v) is 4.03. The Morgan fingerprint density at radius 1 is 1.56 bits per heavy atom. The van der Waals surface area contributed by atoms with Crippen molar-refractivity contribution in [3.05, 3.63) is 22.2 Å². The normalized spacial score (nSPS) is 11.2. The monoisotopic (exact) mass is 225 g/mol. The highest BCUT2D eigenvalue weighted by Crippen LogP contribution is 2.29. The summed E-state index contributed by atoms with van der Waals surface area (Å²) in [5.41, 5.74) is 4.80. The lowest BCUT2D eigenvalue weighted by Gasteiger charge is -2.23. The molecule has 0 radical (unpaired) electrons. The molecule has 0 aromatic carbocycles. The lowest BCUT2D eigenvalue weighted by atomic mass is 10.1. The Labute approximate surface area is 93.6 Å². The third kappa shape index (κ3) is 2.82. The van der Waals surface area contributed by atoms with E-state index in [1.54, 1.807) is 0 Å². The van der Waals surface area contributed by atoms with Gasteiger partial charge in [0.05, 0.1) is 4.92 Å². The predicted molar refractivity (Wildman–Crippen MR) is 60.3 cm³/mol. The number of pyridine rings is 1. The largest absolute Gasteiger partial charge is 0.467 e. The Bertz CT molecular complexity index is 404. The van der Waals surface area contributed by atoms with E-state index in [2.05, 4.69) is 4.98 Å². The highest BCUT2D eigenvalue weighted by molar-refractivity contribution is 5.47. The first kappa shape index (κ1) is 12.2. The fourth-order valence-electron chi connectivity index (χ4n) is 0.995. The molecule has 0 aliphatic heterocycles. The van der Waals surface area contributed by atoms with Gasteiger partial charge in [-0.15, -0.1) is 0 Å². The van der Waals surface area contributed by atoms with Crippen LogP contribution in [0.25, 0.3) is 0 Å². The highest BCUT2D eigenvalue weighted by atomic mass is 16.6. The molecule has 6 heteroatoms. The summed E-state index contributed by atoms with van der Waals surface area (Å²) in [5, 5.41) is 10.8. The Kier molecular flexibility index (Phi) is 3.31. The average Bonchev–Trinajstić information content (AvgIpc) is 2.16. The molecule has 0 aliphatic rings. The molecule has 1 aromatic rings. The Morgan fingerprint density at radius 3 is 2.69 bits per heavy atom. The van der Waals surface area contributed by atoms with E-state index >= 15 is 0 Å². The number of nitrogen functional groups attached to an aromatic ring is 1. The molecule has 0 aliphatic carbocycles. The van der Waals surface area contributed by atoms with E-state index < -0.39 is 10.5 Å². The lowest BCUT2D eigenvalue weighted by Crippen LogP contribution is -2.27. The van der Waals surface area contributed by atoms with Crippen LogP contribution in [0.2, 0.25) is 0 Å². The topological polar surface area (TPSA) is 91.3 Å². The molecule has 0 spiro atoms. The van der Waals surface area contributed by atoms with Gasteiger partial charge in [-0.25, -0.2) is 0 Å². The zero-order valence-electron chi connectivity index (χ0n) is 9.56. The summed E-state index contributed by atoms with van der Waals surface area (Å²) in [5.74, 6) is 0.171. The Hall–Kier alpha value is -1.85. The van der Waals surface area contributed by atoms with Crippen LogP contribution in [0.1, 0.15) is 27.2 Å². The number of nitro groups is 1. The number of anilines is 1. The first-order valence-electron chi connectivity index (χ1n) is 4.95. The van der Waals surface area contributed by atoms with Gasteiger partial charge in [-0.3, -0.25) is 10.1 Å². The van der Waals surface area contributed by atoms with E-state index in [1.165, 1.54) is 12.1 Å². The van der Waals surface area contributed by atoms with Gasteiger partial charge in [0.15, 0.2) is 0 Å². The zero-order chi connectivity index (χ0) is 12.3. The number of hydrogen-bond donors (Lipinski definition) is 1. The number of hydrogen-bond acceptors (Lipinski definition) is 5. The smallest absolute Gasteiger partial charge is 0.331 e. The molecule has 6 nitrogen and oxygen atoms in total. The minimum absolute atomic E-state index is 0.0307. The molecule has 0 saturated carbocycles. The summed E-state index contributed by atoms with van der Waals surface area (Å²) in [6.07, 6.45) is 0.709. The van der Waals surface area contributed by atoms with Gasteiger partial charge in [0.2, 0.25) is 0 Å². The molecule has 1 heterocycles. The van der Waals surface area contributed by atoms with Crippen molar-refractivity contribution in [1.29, 1.82) is 0 Å². The van der Waals surface area contributed by atoms with E-state index in [1.807, 2.05) is 20.8 Å². The summed E-state index contributed by atoms with van der Waals surface area (Å²) < 4.78 is 5.49. The molecule has 0 amide bonds. The van der Waals surface area contributed by atoms with Crippen molar-refractivity contribution >= 4 is 11.5 Å². The van der Waals surface area contributed by atoms with Crippen LogP contribution in [0, 0.1) is 10.1 Å². The molecule has 16 heavy (non-hydrogen) atoms. The standard InChI is InChI=1S/C10H15N3O3/c1-4-10(2,3)16-9-7(13(14)15)5-6-8(11)12-9/h5-6H,4H2,1-3H3,(H2,11,12). The van der Waals surface area contributed by atoms with Crippen LogP contribution in [-0.4, -0.2) is 15.5 Å². The number of rotatable bonds is 4. The SMILES string of the molecule is CCC(C)(C)Oc1nc(N)ccc1[N+](=O)[O-]. The van der Waals surface area contributed by atoms with E-state index in [4.69, 9.17) is 10.5 Å². The van der Waals surface area contributed by atoms with Crippen LogP contribution in [0.4, 0.5) is 11.5 Å². The summed E-state index contributed by atoms with van der Waals surface area (Å²) >= 11 is 0. The van der Waals surface area contributed by atoms with Crippen LogP contribution in [0.5, 0.6) is 5.88 Å². The van der Waals surface area contributed by atoms with Crippen molar-refractivity contribution in [2.45, 2.75) is 32.8 Å². The highest BCUT2D eigenvalue weighted by Gasteiger charge is 2.24. The van der Waals surface area contributed by atoms with Crippen molar-refractivity contribution in [3.8, 4) is 5.88 Å². The number of ether oxygens (including phenoxy) is 1. The summed E-state index contributed by atoms with van der Waals surface area (Å²) in [7, 11) is 0. The van der Waals surface area contributed by atoms with Crippen molar-refractivity contribution in [2.75, 3.05) is 5.73 Å². The molecule has 2 N–H and O–H groups in total. The van der Waals surface area contributed by atoms with Crippen LogP contribution >= 0.6 is 0 Å². The molecule has 0 bridgehead atoms. The van der Waals surface area contributed by atoms with Crippen LogP contribution in [-0.2, 0) is 0 Å². The van der Waals surface area contributed by atoms with Crippen LogP contribution in [0.15, 0.2) is 12.1 Å². The summed E-state index contributed by atoms with van der Waals surface area (Å²) in [6, 6.07) is 2.67. The lowest BCUT2D eigenvalue weighted by molar-refractivity contribution is -0.386. The minimum Gasteiger partial charge on any atom is -0.467 e. The van der Waals surface area contributed by atoms with Gasteiger partial charge < -0.3 is 10.5 Å². The van der Waals surface area contributed by atoms with E-state index in [0.717, 1.165) is 0 Å². The van der Waals surface area contributed by atoms with Crippen LogP contribution in [0.3, 0.4) is 0 Å². The van der Waals surface area contributed by atoms with Crippen molar-refractivity contribution in [1.82, 2.24) is 4.98 Å². The maximum absolute atomic E-state index is 10.8. The summed E-state index contributed by atoms with van der Waals surface area (Å²) in [4.78, 5) is 14.1. The molecule has 1 rings (SSSR count). The molecular weight excluding hydrogens is 210 g/mol. The average molecular weight is 225 g/mol. The fourth-order valence-corrected chi connectivity index (χ4v) is 0.995. The fraction of sp³-hybridized carbons (Fsp3) is 0.500. The maximum Gasteiger partial charge on any atom is 0.331 e. The van der Waals surface area contributed by atoms with Crippen molar-refractivity contribution in [3.63, 3.8) is 0 Å². The molecule has 1 aromatic heterocycles. The second-order valence-electron chi connectivity index (χ2n) is 4.03. The van der Waals surface area contributed by atoms with Gasteiger partial charge in [0.1, 0.15) is 11.4 Å². The molecule has 0 saturated heterocycles. The number of nitrogens with zero attached hydrogens (tertiary/aromatic N) is 2. The third-order valence-electron chi connectivity index (χ3n) is 2.28. The van der Waals surface area contributed by atoms with E-state index in [0.29, 0.717) is 6.42 Å². The van der Waals surface area contributed by atoms with Gasteiger partial charge in [-0.1, -0.05) is 6.92 Å². The van der Waals surface area contributed by atoms with E-state index in [-0.39, 0.29) is 17.4 Å². The first-order chi connectivity index (χ1) is 7.35. The Morgan fingerprint density at radius 2 is 2.19 bits per heavy atom. The van der Waals surface area contributed by atoms with Crippen LogP contribution < -0.4 is 10.5 Å². The molecule has 88 valence electrons.